The van der Waals surface area contributed by atoms with Crippen molar-refractivity contribution in [1.82, 2.24) is 10.4 Å². The van der Waals surface area contributed by atoms with Gasteiger partial charge >= 0.3 is 5.97 Å². The average molecular weight is 349 g/mol. The molecule has 3 rings (SSSR count). The van der Waals surface area contributed by atoms with E-state index in [0.717, 1.165) is 5.56 Å². The molecular weight excluding hydrogens is 334 g/mol. The van der Waals surface area contributed by atoms with Crippen LogP contribution in [0, 0.1) is 0 Å². The number of carbonyl (C=O) groups excluding carboxylic acids is 2. The highest BCUT2D eigenvalue weighted by atomic mass is 16.5. The normalized spacial score (nSPS) is 10.7. The minimum absolute atomic E-state index is 0.339. The third-order valence-corrected chi connectivity index (χ3v) is 3.52. The van der Waals surface area contributed by atoms with Gasteiger partial charge in [-0.2, -0.15) is 5.10 Å². The lowest BCUT2D eigenvalue weighted by molar-refractivity contribution is 0.0600. The second-order valence-corrected chi connectivity index (χ2v) is 5.21. The Labute approximate surface area is 149 Å². The van der Waals surface area contributed by atoms with Crippen molar-refractivity contribution in [3.05, 3.63) is 77.8 Å². The molecule has 130 valence electrons. The molecule has 7 heteroatoms. The molecule has 1 N–H and O–H groups in total. The monoisotopic (exact) mass is 349 g/mol. The highest BCUT2D eigenvalue weighted by molar-refractivity contribution is 5.94. The minimum atomic E-state index is -0.395. The van der Waals surface area contributed by atoms with Gasteiger partial charge in [-0.25, -0.2) is 10.2 Å². The van der Waals surface area contributed by atoms with Crippen LogP contribution in [0.15, 0.2) is 70.4 Å². The Morgan fingerprint density at radius 3 is 2.46 bits per heavy atom. The molecule has 0 atom stereocenters. The average Bonchev–Trinajstić information content (AvgIpc) is 3.17. The smallest absolute Gasteiger partial charge is 0.337 e. The van der Waals surface area contributed by atoms with Crippen LogP contribution in [-0.2, 0) is 4.74 Å². The van der Waals surface area contributed by atoms with Gasteiger partial charge in [-0.15, -0.1) is 0 Å². The van der Waals surface area contributed by atoms with Crippen LogP contribution in [0.3, 0.4) is 0 Å². The first-order valence-electron chi connectivity index (χ1n) is 7.69. The van der Waals surface area contributed by atoms with E-state index in [1.807, 2.05) is 0 Å². The number of carbonyl (C=O) groups is 2. The van der Waals surface area contributed by atoms with E-state index in [9.17, 15) is 9.59 Å². The number of hydrogen-bond donors (Lipinski definition) is 1. The summed E-state index contributed by atoms with van der Waals surface area (Å²) >= 11 is 0. The lowest BCUT2D eigenvalue weighted by Crippen LogP contribution is -2.17. The molecule has 1 amide bonds. The molecule has 0 aliphatic heterocycles. The van der Waals surface area contributed by atoms with Gasteiger partial charge in [0.25, 0.3) is 5.91 Å². The van der Waals surface area contributed by atoms with Crippen molar-refractivity contribution in [3.63, 3.8) is 0 Å². The molecular formula is C19H15N3O4. The molecule has 1 aromatic carbocycles. The van der Waals surface area contributed by atoms with Crippen LogP contribution in [0.1, 0.15) is 26.5 Å². The summed E-state index contributed by atoms with van der Waals surface area (Å²) in [5, 5.41) is 3.87. The number of nitrogens with one attached hydrogen (secondary N) is 1. The van der Waals surface area contributed by atoms with Gasteiger partial charge in [-0.05, 0) is 36.4 Å². The predicted octanol–water partition coefficient (Wildman–Crippen LogP) is 2.89. The van der Waals surface area contributed by atoms with Crippen LogP contribution in [-0.4, -0.2) is 30.2 Å². The fraction of sp³-hybridized carbons (Fsp3) is 0.0526. The lowest BCUT2D eigenvalue weighted by Gasteiger charge is -2.00. The number of pyridine rings is 1. The number of hydrogen-bond acceptors (Lipinski definition) is 6. The summed E-state index contributed by atoms with van der Waals surface area (Å²) in [4.78, 5) is 27.1. The first-order valence-corrected chi connectivity index (χ1v) is 7.69. The van der Waals surface area contributed by atoms with Crippen molar-refractivity contribution in [1.29, 1.82) is 0 Å². The van der Waals surface area contributed by atoms with E-state index in [0.29, 0.717) is 22.6 Å². The largest absolute Gasteiger partial charge is 0.465 e. The van der Waals surface area contributed by atoms with Gasteiger partial charge in [0.15, 0.2) is 0 Å². The molecule has 0 bridgehead atoms. The van der Waals surface area contributed by atoms with Crippen LogP contribution in [0.25, 0.3) is 11.3 Å². The summed E-state index contributed by atoms with van der Waals surface area (Å²) in [6.07, 6.45) is 4.47. The molecule has 0 aliphatic rings. The molecule has 0 unspecified atom stereocenters. The molecule has 0 fully saturated rings. The van der Waals surface area contributed by atoms with Gasteiger partial charge in [0.2, 0.25) is 0 Å². The standard InChI is InChI=1S/C19H15N3O4/c1-25-19(24)15-4-2-13(3-5-15)17-7-6-16(26-17)12-21-22-18(23)14-8-10-20-11-9-14/h2-12H,1H3,(H,22,23). The molecule has 0 radical (unpaired) electrons. The number of rotatable bonds is 5. The summed E-state index contributed by atoms with van der Waals surface area (Å²) in [5.41, 5.74) is 4.14. The van der Waals surface area contributed by atoms with E-state index in [-0.39, 0.29) is 5.91 Å². The number of hydrazone groups is 1. The van der Waals surface area contributed by atoms with Gasteiger partial charge in [0.1, 0.15) is 11.5 Å². The van der Waals surface area contributed by atoms with Gasteiger partial charge in [-0.3, -0.25) is 9.78 Å². The number of amides is 1. The topological polar surface area (TPSA) is 93.8 Å². The molecule has 7 nitrogen and oxygen atoms in total. The third kappa shape index (κ3) is 4.02. The summed E-state index contributed by atoms with van der Waals surface area (Å²) in [5.74, 6) is 0.359. The number of ether oxygens (including phenoxy) is 1. The second kappa shape index (κ2) is 7.89. The predicted molar refractivity (Wildman–Crippen MR) is 94.8 cm³/mol. The first-order chi connectivity index (χ1) is 12.7. The van der Waals surface area contributed by atoms with Crippen LogP contribution < -0.4 is 5.43 Å². The minimum Gasteiger partial charge on any atom is -0.465 e. The molecule has 0 spiro atoms. The summed E-state index contributed by atoms with van der Waals surface area (Å²) in [7, 11) is 1.34. The molecule has 2 aromatic heterocycles. The Bertz CT molecular complexity index is 931. The Balaban J connectivity index is 1.64. The van der Waals surface area contributed by atoms with Crippen LogP contribution >= 0.6 is 0 Å². The van der Waals surface area contributed by atoms with Crippen molar-refractivity contribution in [3.8, 4) is 11.3 Å². The van der Waals surface area contributed by atoms with E-state index in [1.54, 1.807) is 48.5 Å². The molecule has 2 heterocycles. The SMILES string of the molecule is COC(=O)c1ccc(-c2ccc(C=NNC(=O)c3ccncc3)o2)cc1. The van der Waals surface area contributed by atoms with E-state index in [4.69, 9.17) is 4.42 Å². The van der Waals surface area contributed by atoms with Crippen LogP contribution in [0.4, 0.5) is 0 Å². The Hall–Kier alpha value is -3.74. The molecule has 0 saturated heterocycles. The van der Waals surface area contributed by atoms with E-state index in [2.05, 4.69) is 20.2 Å². The van der Waals surface area contributed by atoms with Crippen molar-refractivity contribution in [2.24, 2.45) is 5.10 Å². The zero-order chi connectivity index (χ0) is 18.4. The molecule has 0 aliphatic carbocycles. The second-order valence-electron chi connectivity index (χ2n) is 5.21. The Kier molecular flexibility index (Phi) is 5.19. The van der Waals surface area contributed by atoms with E-state index >= 15 is 0 Å². The maximum absolute atomic E-state index is 11.9. The van der Waals surface area contributed by atoms with Crippen molar-refractivity contribution in [2.45, 2.75) is 0 Å². The number of aromatic nitrogens is 1. The first kappa shape index (κ1) is 17.1. The quantitative estimate of drug-likeness (QED) is 0.434. The van der Waals surface area contributed by atoms with Crippen LogP contribution in [0.2, 0.25) is 0 Å². The van der Waals surface area contributed by atoms with Crippen molar-refractivity contribution >= 4 is 18.1 Å². The number of furan rings is 1. The van der Waals surface area contributed by atoms with Gasteiger partial charge in [0.05, 0.1) is 18.9 Å². The zero-order valence-electron chi connectivity index (χ0n) is 13.9. The van der Waals surface area contributed by atoms with Crippen molar-refractivity contribution in [2.75, 3.05) is 7.11 Å². The van der Waals surface area contributed by atoms with Gasteiger partial charge < -0.3 is 9.15 Å². The third-order valence-electron chi connectivity index (χ3n) is 3.52. The van der Waals surface area contributed by atoms with Gasteiger partial charge in [-0.1, -0.05) is 12.1 Å². The molecule has 0 saturated carbocycles. The summed E-state index contributed by atoms with van der Waals surface area (Å²) in [6, 6.07) is 13.5. The maximum Gasteiger partial charge on any atom is 0.337 e. The highest BCUT2D eigenvalue weighted by Crippen LogP contribution is 2.22. The summed E-state index contributed by atoms with van der Waals surface area (Å²) in [6.45, 7) is 0. The Morgan fingerprint density at radius 2 is 1.77 bits per heavy atom. The Morgan fingerprint density at radius 1 is 1.04 bits per heavy atom. The summed E-state index contributed by atoms with van der Waals surface area (Å²) < 4.78 is 10.3. The fourth-order valence-electron chi connectivity index (χ4n) is 2.19. The number of methoxy groups -OCH3 is 1. The van der Waals surface area contributed by atoms with E-state index in [1.165, 1.54) is 25.7 Å². The van der Waals surface area contributed by atoms with Gasteiger partial charge in [0, 0.05) is 23.5 Å². The highest BCUT2D eigenvalue weighted by Gasteiger charge is 2.08. The number of esters is 1. The van der Waals surface area contributed by atoms with Crippen molar-refractivity contribution < 1.29 is 18.7 Å². The van der Waals surface area contributed by atoms with E-state index < -0.39 is 5.97 Å². The van der Waals surface area contributed by atoms with Crippen LogP contribution in [0.5, 0.6) is 0 Å². The zero-order valence-corrected chi connectivity index (χ0v) is 13.9. The molecule has 3 aromatic rings. The molecule has 26 heavy (non-hydrogen) atoms. The maximum atomic E-state index is 11.9. The lowest BCUT2D eigenvalue weighted by atomic mass is 10.1. The number of nitrogens with zero attached hydrogens (tertiary/aromatic N) is 2. The fourth-order valence-corrected chi connectivity index (χ4v) is 2.19. The number of benzene rings is 1.